The Hall–Kier alpha value is -2.83. The number of hydrogen-bond donors (Lipinski definition) is 1. The van der Waals surface area contributed by atoms with Gasteiger partial charge in [-0.2, -0.15) is 0 Å². The average molecular weight is 295 g/mol. The molecular weight excluding hydrogens is 278 g/mol. The van der Waals surface area contributed by atoms with E-state index in [-0.39, 0.29) is 0 Å². The number of anilines is 1. The Balaban J connectivity index is 1.90. The molecule has 0 saturated heterocycles. The maximum atomic E-state index is 4.61. The largest absolute Gasteiger partial charge is 0.362 e. The van der Waals surface area contributed by atoms with Crippen molar-refractivity contribution < 1.29 is 0 Å². The number of aromatic nitrogens is 6. The van der Waals surface area contributed by atoms with Gasteiger partial charge in [0.15, 0.2) is 11.6 Å². The molecule has 0 aliphatic carbocycles. The molecular formula is C15H17N7. The van der Waals surface area contributed by atoms with Crippen molar-refractivity contribution in [2.45, 2.75) is 20.4 Å². The maximum Gasteiger partial charge on any atom is 0.163 e. The van der Waals surface area contributed by atoms with Crippen LogP contribution < -0.4 is 5.32 Å². The minimum absolute atomic E-state index is 0.556. The van der Waals surface area contributed by atoms with Crippen molar-refractivity contribution in [3.8, 4) is 11.4 Å². The van der Waals surface area contributed by atoms with Crippen molar-refractivity contribution in [3.63, 3.8) is 0 Å². The number of nitrogens with zero attached hydrogens (tertiary/aromatic N) is 6. The summed E-state index contributed by atoms with van der Waals surface area (Å²) in [6.07, 6.45) is 5.17. The fraction of sp³-hybridized carbons (Fsp3) is 0.267. The second kappa shape index (κ2) is 5.88. The molecule has 0 amide bonds. The lowest BCUT2D eigenvalue weighted by atomic mass is 10.2. The van der Waals surface area contributed by atoms with Crippen molar-refractivity contribution in [2.24, 2.45) is 7.05 Å². The minimum atomic E-state index is 0.556. The fourth-order valence-electron chi connectivity index (χ4n) is 2.05. The molecule has 1 N–H and O–H groups in total. The van der Waals surface area contributed by atoms with E-state index in [1.54, 1.807) is 18.7 Å². The topological polar surface area (TPSA) is 81.4 Å². The lowest BCUT2D eigenvalue weighted by Gasteiger charge is -2.12. The van der Waals surface area contributed by atoms with E-state index in [1.165, 1.54) is 0 Å². The zero-order chi connectivity index (χ0) is 15.5. The highest BCUT2D eigenvalue weighted by Gasteiger charge is 2.10. The van der Waals surface area contributed by atoms with Gasteiger partial charge in [0.05, 0.1) is 6.54 Å². The Morgan fingerprint density at radius 3 is 2.77 bits per heavy atom. The predicted molar refractivity (Wildman–Crippen MR) is 83.1 cm³/mol. The smallest absolute Gasteiger partial charge is 0.163 e. The molecule has 3 aromatic heterocycles. The van der Waals surface area contributed by atoms with E-state index in [4.69, 9.17) is 0 Å². The van der Waals surface area contributed by atoms with Gasteiger partial charge in [0.1, 0.15) is 12.1 Å². The van der Waals surface area contributed by atoms with Gasteiger partial charge in [0, 0.05) is 36.3 Å². The van der Waals surface area contributed by atoms with Crippen LogP contribution in [0, 0.1) is 13.8 Å². The summed E-state index contributed by atoms with van der Waals surface area (Å²) in [4.78, 5) is 13.3. The van der Waals surface area contributed by atoms with E-state index in [0.717, 1.165) is 28.5 Å². The molecule has 0 aliphatic rings. The lowest BCUT2D eigenvalue weighted by Crippen LogP contribution is -2.10. The summed E-state index contributed by atoms with van der Waals surface area (Å²) in [5.74, 6) is 2.31. The van der Waals surface area contributed by atoms with Gasteiger partial charge in [0.2, 0.25) is 0 Å². The minimum Gasteiger partial charge on any atom is -0.362 e. The van der Waals surface area contributed by atoms with E-state index >= 15 is 0 Å². The summed E-state index contributed by atoms with van der Waals surface area (Å²) in [5.41, 5.74) is 2.86. The molecule has 0 saturated carbocycles. The highest BCUT2D eigenvalue weighted by molar-refractivity contribution is 5.58. The first-order valence-corrected chi connectivity index (χ1v) is 6.97. The molecule has 0 aromatic carbocycles. The highest BCUT2D eigenvalue weighted by Crippen LogP contribution is 2.21. The molecule has 7 heteroatoms. The predicted octanol–water partition coefficient (Wildman–Crippen LogP) is 1.90. The van der Waals surface area contributed by atoms with Gasteiger partial charge < -0.3 is 9.88 Å². The molecule has 7 nitrogen and oxygen atoms in total. The van der Waals surface area contributed by atoms with Crippen molar-refractivity contribution in [3.05, 3.63) is 47.9 Å². The fourth-order valence-corrected chi connectivity index (χ4v) is 2.05. The monoisotopic (exact) mass is 295 g/mol. The zero-order valence-corrected chi connectivity index (χ0v) is 12.8. The molecule has 0 unspecified atom stereocenters. The van der Waals surface area contributed by atoms with Crippen molar-refractivity contribution in [1.82, 2.24) is 29.7 Å². The van der Waals surface area contributed by atoms with Crippen LogP contribution in [-0.4, -0.2) is 29.7 Å². The van der Waals surface area contributed by atoms with Crippen LogP contribution in [0.1, 0.15) is 17.1 Å². The van der Waals surface area contributed by atoms with Crippen LogP contribution in [0.3, 0.4) is 0 Å². The van der Waals surface area contributed by atoms with Crippen LogP contribution in [0.2, 0.25) is 0 Å². The van der Waals surface area contributed by atoms with Gasteiger partial charge in [0.25, 0.3) is 0 Å². The van der Waals surface area contributed by atoms with Gasteiger partial charge in [-0.1, -0.05) is 0 Å². The summed E-state index contributed by atoms with van der Waals surface area (Å²) in [6.45, 7) is 4.53. The molecule has 112 valence electrons. The second-order valence-corrected chi connectivity index (χ2v) is 5.06. The normalized spacial score (nSPS) is 10.7. The number of hydrogen-bond acceptors (Lipinski definition) is 6. The third-order valence-electron chi connectivity index (χ3n) is 3.53. The third-order valence-corrected chi connectivity index (χ3v) is 3.53. The van der Waals surface area contributed by atoms with Gasteiger partial charge in [-0.3, -0.25) is 4.98 Å². The van der Waals surface area contributed by atoms with Crippen LogP contribution in [0.4, 0.5) is 5.82 Å². The molecule has 0 spiro atoms. The van der Waals surface area contributed by atoms with E-state index in [0.29, 0.717) is 12.4 Å². The first kappa shape index (κ1) is 14.1. The molecule has 3 heterocycles. The first-order chi connectivity index (χ1) is 10.6. The second-order valence-electron chi connectivity index (χ2n) is 5.06. The van der Waals surface area contributed by atoms with Gasteiger partial charge in [-0.25, -0.2) is 9.97 Å². The molecule has 22 heavy (non-hydrogen) atoms. The molecule has 0 fully saturated rings. The Labute approximate surface area is 128 Å². The molecule has 3 rings (SSSR count). The summed E-state index contributed by atoms with van der Waals surface area (Å²) < 4.78 is 1.87. The van der Waals surface area contributed by atoms with Crippen LogP contribution >= 0.6 is 0 Å². The van der Waals surface area contributed by atoms with Crippen molar-refractivity contribution in [1.29, 1.82) is 0 Å². The summed E-state index contributed by atoms with van der Waals surface area (Å²) in [5, 5.41) is 11.2. The Bertz CT molecular complexity index is 780. The first-order valence-electron chi connectivity index (χ1n) is 6.97. The molecule has 0 atom stereocenters. The van der Waals surface area contributed by atoms with Crippen LogP contribution in [0.5, 0.6) is 0 Å². The van der Waals surface area contributed by atoms with Gasteiger partial charge in [-0.15, -0.1) is 10.2 Å². The van der Waals surface area contributed by atoms with Crippen molar-refractivity contribution >= 4 is 5.82 Å². The average Bonchev–Trinajstić information content (AvgIpc) is 2.95. The van der Waals surface area contributed by atoms with Crippen molar-refractivity contribution in [2.75, 3.05) is 5.32 Å². The number of aryl methyl sites for hydroxylation is 2. The van der Waals surface area contributed by atoms with E-state index in [9.17, 15) is 0 Å². The third kappa shape index (κ3) is 2.78. The van der Waals surface area contributed by atoms with E-state index in [1.807, 2.05) is 37.6 Å². The Morgan fingerprint density at radius 1 is 1.23 bits per heavy atom. The van der Waals surface area contributed by atoms with Gasteiger partial charge >= 0.3 is 0 Å². The molecule has 3 aromatic rings. The van der Waals surface area contributed by atoms with E-state index in [2.05, 4.69) is 30.5 Å². The van der Waals surface area contributed by atoms with Crippen LogP contribution in [0.25, 0.3) is 11.4 Å². The molecule has 0 radical (unpaired) electrons. The lowest BCUT2D eigenvalue weighted by molar-refractivity contribution is 0.808. The quantitative estimate of drug-likeness (QED) is 0.791. The summed E-state index contributed by atoms with van der Waals surface area (Å²) in [6, 6.07) is 3.82. The standard InChI is InChI=1S/C15H17N7/c1-10-11(2)19-15(12-5-4-6-16-7-12)20-14(10)17-8-13-21-18-9-22(13)3/h4-7,9H,8H2,1-3H3,(H,17,19,20). The maximum absolute atomic E-state index is 4.61. The SMILES string of the molecule is Cc1nc(-c2cccnc2)nc(NCc2nncn2C)c1C. The number of pyridine rings is 1. The Morgan fingerprint density at radius 2 is 2.09 bits per heavy atom. The van der Waals surface area contributed by atoms with Gasteiger partial charge in [-0.05, 0) is 26.0 Å². The zero-order valence-electron chi connectivity index (χ0n) is 12.8. The summed E-state index contributed by atoms with van der Waals surface area (Å²) >= 11 is 0. The molecule has 0 bridgehead atoms. The van der Waals surface area contributed by atoms with Crippen LogP contribution in [0.15, 0.2) is 30.9 Å². The molecule has 0 aliphatic heterocycles. The Kier molecular flexibility index (Phi) is 3.78. The van der Waals surface area contributed by atoms with Crippen LogP contribution in [-0.2, 0) is 13.6 Å². The number of nitrogens with one attached hydrogen (secondary N) is 1. The summed E-state index contributed by atoms with van der Waals surface area (Å²) in [7, 11) is 1.91. The highest BCUT2D eigenvalue weighted by atomic mass is 15.3. The number of rotatable bonds is 4. The van der Waals surface area contributed by atoms with E-state index < -0.39 is 0 Å².